The van der Waals surface area contributed by atoms with E-state index in [0.29, 0.717) is 21.5 Å². The van der Waals surface area contributed by atoms with E-state index in [2.05, 4.69) is 20.9 Å². The summed E-state index contributed by atoms with van der Waals surface area (Å²) < 4.78 is 6.40. The smallest absolute Gasteiger partial charge is 0.147 e. The first-order valence-electron chi connectivity index (χ1n) is 4.39. The van der Waals surface area contributed by atoms with Gasteiger partial charge >= 0.3 is 0 Å². The number of nitrogens with zero attached hydrogens (tertiary/aromatic N) is 1. The van der Waals surface area contributed by atoms with Crippen molar-refractivity contribution in [1.82, 2.24) is 4.98 Å². The van der Waals surface area contributed by atoms with Crippen LogP contribution in [0, 0.1) is 0 Å². The fourth-order valence-corrected chi connectivity index (χ4v) is 1.81. The van der Waals surface area contributed by atoms with Crippen LogP contribution in [0.3, 0.4) is 0 Å². The topological polar surface area (TPSA) is 22.1 Å². The second kappa shape index (κ2) is 5.04. The Balaban J connectivity index is 2.31. The molecule has 0 aliphatic rings. The number of ether oxygens (including phenoxy) is 1. The predicted molar refractivity (Wildman–Crippen MR) is 68.5 cm³/mol. The van der Waals surface area contributed by atoms with Gasteiger partial charge in [0.25, 0.3) is 0 Å². The van der Waals surface area contributed by atoms with Gasteiger partial charge in [0, 0.05) is 10.7 Å². The fraction of sp³-hybridized carbons (Fsp3) is 0. The summed E-state index contributed by atoms with van der Waals surface area (Å²) in [6.45, 7) is 0. The van der Waals surface area contributed by atoms with Gasteiger partial charge in [0.05, 0.1) is 11.2 Å². The molecular formula is C11H6BrCl2NO. The van der Waals surface area contributed by atoms with Gasteiger partial charge in [-0.05, 0) is 34.1 Å². The summed E-state index contributed by atoms with van der Waals surface area (Å²) in [6, 6.07) is 7.02. The van der Waals surface area contributed by atoms with Gasteiger partial charge in [-0.25, -0.2) is 0 Å². The van der Waals surface area contributed by atoms with Crippen molar-refractivity contribution in [2.75, 3.05) is 0 Å². The van der Waals surface area contributed by atoms with Gasteiger partial charge in [0.1, 0.15) is 16.5 Å². The van der Waals surface area contributed by atoms with Crippen molar-refractivity contribution in [3.63, 3.8) is 0 Å². The highest BCUT2D eigenvalue weighted by Crippen LogP contribution is 2.34. The van der Waals surface area contributed by atoms with E-state index in [1.165, 1.54) is 0 Å². The Morgan fingerprint density at radius 1 is 1.19 bits per heavy atom. The number of aromatic nitrogens is 1. The average Bonchev–Trinajstić information content (AvgIpc) is 2.25. The average molecular weight is 319 g/mol. The molecule has 0 unspecified atom stereocenters. The Bertz CT molecular complexity index is 519. The SMILES string of the molecule is Clc1cccc(Oc2cncc(Br)c2)c1Cl. The van der Waals surface area contributed by atoms with Crippen molar-refractivity contribution in [2.45, 2.75) is 0 Å². The van der Waals surface area contributed by atoms with Gasteiger partial charge in [0.2, 0.25) is 0 Å². The molecule has 0 fully saturated rings. The summed E-state index contributed by atoms with van der Waals surface area (Å²) in [5.41, 5.74) is 0. The number of rotatable bonds is 2. The van der Waals surface area contributed by atoms with Crippen LogP contribution in [0.5, 0.6) is 11.5 Å². The fourth-order valence-electron chi connectivity index (χ4n) is 1.14. The van der Waals surface area contributed by atoms with Crippen molar-refractivity contribution in [3.8, 4) is 11.5 Å². The largest absolute Gasteiger partial charge is 0.454 e. The summed E-state index contributed by atoms with van der Waals surface area (Å²) >= 11 is 15.2. The number of pyridine rings is 1. The van der Waals surface area contributed by atoms with E-state index in [0.717, 1.165) is 4.47 Å². The molecule has 0 saturated carbocycles. The van der Waals surface area contributed by atoms with Gasteiger partial charge in [0.15, 0.2) is 0 Å². The molecule has 2 rings (SSSR count). The van der Waals surface area contributed by atoms with Crippen LogP contribution in [0.25, 0.3) is 0 Å². The van der Waals surface area contributed by atoms with Crippen molar-refractivity contribution in [1.29, 1.82) is 0 Å². The van der Waals surface area contributed by atoms with E-state index in [1.54, 1.807) is 36.7 Å². The monoisotopic (exact) mass is 317 g/mol. The Kier molecular flexibility index (Phi) is 3.69. The molecule has 2 aromatic rings. The molecule has 1 heterocycles. The first-order chi connectivity index (χ1) is 7.66. The van der Waals surface area contributed by atoms with Crippen molar-refractivity contribution in [3.05, 3.63) is 51.2 Å². The lowest BCUT2D eigenvalue weighted by molar-refractivity contribution is 0.480. The summed E-state index contributed by atoms with van der Waals surface area (Å²) in [5.74, 6) is 1.10. The number of halogens is 3. The van der Waals surface area contributed by atoms with Crippen LogP contribution in [0.15, 0.2) is 41.1 Å². The zero-order valence-electron chi connectivity index (χ0n) is 7.95. The van der Waals surface area contributed by atoms with Crippen LogP contribution >= 0.6 is 39.1 Å². The van der Waals surface area contributed by atoms with E-state index in [-0.39, 0.29) is 0 Å². The van der Waals surface area contributed by atoms with Crippen LogP contribution in [0.1, 0.15) is 0 Å². The molecule has 82 valence electrons. The van der Waals surface area contributed by atoms with Crippen LogP contribution in [0.2, 0.25) is 10.0 Å². The van der Waals surface area contributed by atoms with E-state index >= 15 is 0 Å². The summed E-state index contributed by atoms with van der Waals surface area (Å²) in [4.78, 5) is 3.98. The molecule has 0 spiro atoms. The minimum Gasteiger partial charge on any atom is -0.454 e. The Morgan fingerprint density at radius 3 is 2.75 bits per heavy atom. The summed E-state index contributed by atoms with van der Waals surface area (Å²) in [7, 11) is 0. The molecule has 0 radical (unpaired) electrons. The zero-order valence-corrected chi connectivity index (χ0v) is 11.1. The molecule has 0 bridgehead atoms. The van der Waals surface area contributed by atoms with Gasteiger partial charge in [-0.3, -0.25) is 4.98 Å². The normalized spacial score (nSPS) is 10.2. The van der Waals surface area contributed by atoms with Crippen LogP contribution in [-0.4, -0.2) is 4.98 Å². The highest BCUT2D eigenvalue weighted by atomic mass is 79.9. The molecule has 0 N–H and O–H groups in total. The second-order valence-corrected chi connectivity index (χ2v) is 4.69. The van der Waals surface area contributed by atoms with E-state index in [1.807, 2.05) is 0 Å². The molecular weight excluding hydrogens is 313 g/mol. The maximum atomic E-state index is 5.99. The first kappa shape index (κ1) is 11.7. The summed E-state index contributed by atoms with van der Waals surface area (Å²) in [5, 5.41) is 0.853. The molecule has 1 aromatic heterocycles. The highest BCUT2D eigenvalue weighted by molar-refractivity contribution is 9.10. The third kappa shape index (κ3) is 2.67. The third-order valence-electron chi connectivity index (χ3n) is 1.82. The minimum atomic E-state index is 0.393. The second-order valence-electron chi connectivity index (χ2n) is 2.99. The quantitative estimate of drug-likeness (QED) is 0.782. The molecule has 16 heavy (non-hydrogen) atoms. The van der Waals surface area contributed by atoms with E-state index in [9.17, 15) is 0 Å². The first-order valence-corrected chi connectivity index (χ1v) is 5.94. The van der Waals surface area contributed by atoms with E-state index in [4.69, 9.17) is 27.9 Å². The number of hydrogen-bond acceptors (Lipinski definition) is 2. The van der Waals surface area contributed by atoms with Crippen LogP contribution < -0.4 is 4.74 Å². The predicted octanol–water partition coefficient (Wildman–Crippen LogP) is 4.94. The minimum absolute atomic E-state index is 0.393. The lowest BCUT2D eigenvalue weighted by Gasteiger charge is -2.07. The molecule has 2 nitrogen and oxygen atoms in total. The standard InChI is InChI=1S/C11H6BrCl2NO/c12-7-4-8(6-15-5-7)16-10-3-1-2-9(13)11(10)14/h1-6H. The van der Waals surface area contributed by atoms with Gasteiger partial charge in [-0.2, -0.15) is 0 Å². The van der Waals surface area contributed by atoms with E-state index < -0.39 is 0 Å². The van der Waals surface area contributed by atoms with Gasteiger partial charge in [-0.1, -0.05) is 29.3 Å². The molecule has 0 aliphatic carbocycles. The molecule has 0 atom stereocenters. The molecule has 0 amide bonds. The molecule has 0 saturated heterocycles. The Hall–Kier alpha value is -0.770. The maximum absolute atomic E-state index is 5.99. The van der Waals surface area contributed by atoms with Crippen molar-refractivity contribution < 1.29 is 4.74 Å². The van der Waals surface area contributed by atoms with Gasteiger partial charge in [-0.15, -0.1) is 0 Å². The molecule has 1 aromatic carbocycles. The van der Waals surface area contributed by atoms with Crippen LogP contribution in [0.4, 0.5) is 0 Å². The highest BCUT2D eigenvalue weighted by Gasteiger charge is 2.06. The number of hydrogen-bond donors (Lipinski definition) is 0. The van der Waals surface area contributed by atoms with Crippen molar-refractivity contribution in [2.24, 2.45) is 0 Å². The lowest BCUT2D eigenvalue weighted by atomic mass is 10.3. The molecule has 0 aliphatic heterocycles. The van der Waals surface area contributed by atoms with Gasteiger partial charge < -0.3 is 4.74 Å². The third-order valence-corrected chi connectivity index (χ3v) is 3.06. The van der Waals surface area contributed by atoms with Crippen LogP contribution in [-0.2, 0) is 0 Å². The maximum Gasteiger partial charge on any atom is 0.147 e. The Labute approximate surface area is 111 Å². The lowest BCUT2D eigenvalue weighted by Crippen LogP contribution is -1.86. The number of benzene rings is 1. The summed E-state index contributed by atoms with van der Waals surface area (Å²) in [6.07, 6.45) is 3.27. The Morgan fingerprint density at radius 2 is 2.00 bits per heavy atom. The van der Waals surface area contributed by atoms with Crippen molar-refractivity contribution >= 4 is 39.1 Å². The zero-order chi connectivity index (χ0) is 11.5. The molecule has 5 heteroatoms.